The molecule has 2 aliphatic heterocycles. The number of ketones is 1. The van der Waals surface area contributed by atoms with E-state index in [-0.39, 0.29) is 29.6 Å². The van der Waals surface area contributed by atoms with Crippen molar-refractivity contribution in [2.75, 3.05) is 32.8 Å². The first-order valence-electron chi connectivity index (χ1n) is 9.90. The van der Waals surface area contributed by atoms with Gasteiger partial charge in [0.1, 0.15) is 0 Å². The van der Waals surface area contributed by atoms with Gasteiger partial charge < -0.3 is 14.5 Å². The first-order chi connectivity index (χ1) is 13.1. The molecule has 2 aliphatic rings. The number of Topliss-reactive ketones (excluding diaryl/α,β-unsaturated/α-hetero) is 1. The SMILES string of the molecule is CCOC(=O)N1CCCC(C(=O)N2CCC(C(=O)c3ccccc3)CC2)C1. The molecule has 0 saturated carbocycles. The second kappa shape index (κ2) is 9.02. The van der Waals surface area contributed by atoms with E-state index >= 15 is 0 Å². The van der Waals surface area contributed by atoms with Gasteiger partial charge in [-0.2, -0.15) is 0 Å². The molecule has 146 valence electrons. The van der Waals surface area contributed by atoms with Crippen molar-refractivity contribution < 1.29 is 19.1 Å². The van der Waals surface area contributed by atoms with Crippen LogP contribution in [0.5, 0.6) is 0 Å². The van der Waals surface area contributed by atoms with E-state index in [9.17, 15) is 14.4 Å². The molecule has 2 amide bonds. The summed E-state index contributed by atoms with van der Waals surface area (Å²) in [6.45, 7) is 4.43. The van der Waals surface area contributed by atoms with E-state index in [0.717, 1.165) is 18.4 Å². The van der Waals surface area contributed by atoms with Crippen LogP contribution in [0, 0.1) is 11.8 Å². The largest absolute Gasteiger partial charge is 0.450 e. The summed E-state index contributed by atoms with van der Waals surface area (Å²) in [5.74, 6) is 0.104. The van der Waals surface area contributed by atoms with Crippen molar-refractivity contribution in [2.24, 2.45) is 11.8 Å². The van der Waals surface area contributed by atoms with E-state index in [1.807, 2.05) is 35.2 Å². The van der Waals surface area contributed by atoms with Gasteiger partial charge in [0, 0.05) is 37.7 Å². The normalized spacial score (nSPS) is 21.0. The van der Waals surface area contributed by atoms with Crippen LogP contribution in [0.15, 0.2) is 30.3 Å². The number of carbonyl (C=O) groups is 3. The van der Waals surface area contributed by atoms with Crippen molar-refractivity contribution >= 4 is 17.8 Å². The zero-order chi connectivity index (χ0) is 19.2. The maximum Gasteiger partial charge on any atom is 0.409 e. The van der Waals surface area contributed by atoms with Gasteiger partial charge in [0.05, 0.1) is 12.5 Å². The third kappa shape index (κ3) is 4.67. The van der Waals surface area contributed by atoms with Gasteiger partial charge in [0.25, 0.3) is 0 Å². The molecule has 2 saturated heterocycles. The minimum absolute atomic E-state index is 0.0150. The van der Waals surface area contributed by atoms with Gasteiger partial charge in [0.2, 0.25) is 5.91 Å². The molecule has 0 spiro atoms. The molecule has 0 aliphatic carbocycles. The Balaban J connectivity index is 1.52. The molecule has 1 aromatic rings. The predicted molar refractivity (Wildman–Crippen MR) is 101 cm³/mol. The van der Waals surface area contributed by atoms with E-state index in [1.165, 1.54) is 0 Å². The molecule has 0 aromatic heterocycles. The van der Waals surface area contributed by atoms with E-state index in [2.05, 4.69) is 0 Å². The molecule has 1 aromatic carbocycles. The lowest BCUT2D eigenvalue weighted by Crippen LogP contribution is -2.49. The molecule has 6 nitrogen and oxygen atoms in total. The lowest BCUT2D eigenvalue weighted by Gasteiger charge is -2.37. The molecule has 1 atom stereocenters. The lowest BCUT2D eigenvalue weighted by molar-refractivity contribution is -0.138. The Hall–Kier alpha value is -2.37. The standard InChI is InChI=1S/C21H28N2O4/c1-2-27-21(26)23-12-6-9-18(15-23)20(25)22-13-10-17(11-14-22)19(24)16-7-4-3-5-8-16/h3-5,7-8,17-18H,2,6,9-15H2,1H3. The highest BCUT2D eigenvalue weighted by atomic mass is 16.6. The number of likely N-dealkylation sites (tertiary alicyclic amines) is 2. The van der Waals surface area contributed by atoms with Crippen LogP contribution >= 0.6 is 0 Å². The van der Waals surface area contributed by atoms with Crippen LogP contribution in [0.1, 0.15) is 43.0 Å². The summed E-state index contributed by atoms with van der Waals surface area (Å²) in [4.78, 5) is 40.9. The number of benzene rings is 1. The first-order valence-corrected chi connectivity index (χ1v) is 9.90. The van der Waals surface area contributed by atoms with Gasteiger partial charge in [-0.1, -0.05) is 30.3 Å². The summed E-state index contributed by atoms with van der Waals surface area (Å²) in [6, 6.07) is 9.37. The molecule has 27 heavy (non-hydrogen) atoms. The predicted octanol–water partition coefficient (Wildman–Crippen LogP) is 2.98. The van der Waals surface area contributed by atoms with Gasteiger partial charge in [0.15, 0.2) is 5.78 Å². The Morgan fingerprint density at radius 3 is 2.33 bits per heavy atom. The quantitative estimate of drug-likeness (QED) is 0.762. The molecule has 0 N–H and O–H groups in total. The number of ether oxygens (including phenoxy) is 1. The molecule has 2 heterocycles. The fraction of sp³-hybridized carbons (Fsp3) is 0.571. The summed E-state index contributed by atoms with van der Waals surface area (Å²) in [5.41, 5.74) is 0.750. The number of rotatable bonds is 4. The summed E-state index contributed by atoms with van der Waals surface area (Å²) >= 11 is 0. The number of amides is 2. The molecule has 1 unspecified atom stereocenters. The van der Waals surface area contributed by atoms with E-state index in [1.54, 1.807) is 11.8 Å². The summed E-state index contributed by atoms with van der Waals surface area (Å²) in [5, 5.41) is 0. The van der Waals surface area contributed by atoms with Gasteiger partial charge in [-0.05, 0) is 32.6 Å². The second-order valence-electron chi connectivity index (χ2n) is 7.31. The molecular formula is C21H28N2O4. The fourth-order valence-corrected chi connectivity index (χ4v) is 4.02. The minimum Gasteiger partial charge on any atom is -0.450 e. The molecule has 6 heteroatoms. The van der Waals surface area contributed by atoms with Crippen molar-refractivity contribution in [2.45, 2.75) is 32.6 Å². The Kier molecular flexibility index (Phi) is 6.48. The average molecular weight is 372 g/mol. The summed E-state index contributed by atoms with van der Waals surface area (Å²) < 4.78 is 5.06. The highest BCUT2D eigenvalue weighted by molar-refractivity contribution is 5.98. The third-order valence-electron chi connectivity index (χ3n) is 5.53. The van der Waals surface area contributed by atoms with Crippen molar-refractivity contribution in [3.63, 3.8) is 0 Å². The Labute approximate surface area is 160 Å². The fourth-order valence-electron chi connectivity index (χ4n) is 4.02. The zero-order valence-corrected chi connectivity index (χ0v) is 15.9. The maximum absolute atomic E-state index is 12.9. The summed E-state index contributed by atoms with van der Waals surface area (Å²) in [6.07, 6.45) is 2.69. The molecule has 2 fully saturated rings. The van der Waals surface area contributed by atoms with Gasteiger partial charge in [-0.3, -0.25) is 9.59 Å². The van der Waals surface area contributed by atoms with Crippen molar-refractivity contribution in [3.8, 4) is 0 Å². The van der Waals surface area contributed by atoms with Gasteiger partial charge in [-0.25, -0.2) is 4.79 Å². The van der Waals surface area contributed by atoms with Crippen molar-refractivity contribution in [1.82, 2.24) is 9.80 Å². The second-order valence-corrected chi connectivity index (χ2v) is 7.31. The Bertz CT molecular complexity index is 668. The average Bonchev–Trinajstić information content (AvgIpc) is 2.73. The Morgan fingerprint density at radius 2 is 1.67 bits per heavy atom. The monoisotopic (exact) mass is 372 g/mol. The van der Waals surface area contributed by atoms with Crippen LogP contribution in [0.25, 0.3) is 0 Å². The molecule has 3 rings (SSSR count). The van der Waals surface area contributed by atoms with Crippen molar-refractivity contribution in [1.29, 1.82) is 0 Å². The number of carbonyl (C=O) groups excluding carboxylic acids is 3. The first kappa shape index (κ1) is 19.4. The van der Waals surface area contributed by atoms with Crippen LogP contribution in [-0.2, 0) is 9.53 Å². The third-order valence-corrected chi connectivity index (χ3v) is 5.53. The number of piperidine rings is 2. The van der Waals surface area contributed by atoms with Crippen LogP contribution in [0.4, 0.5) is 4.79 Å². The number of hydrogen-bond acceptors (Lipinski definition) is 4. The minimum atomic E-state index is -0.331. The Morgan fingerprint density at radius 1 is 0.963 bits per heavy atom. The zero-order valence-electron chi connectivity index (χ0n) is 15.9. The molecule has 0 bridgehead atoms. The van der Waals surface area contributed by atoms with E-state index < -0.39 is 0 Å². The van der Waals surface area contributed by atoms with Crippen LogP contribution < -0.4 is 0 Å². The van der Waals surface area contributed by atoms with Gasteiger partial charge in [-0.15, -0.1) is 0 Å². The lowest BCUT2D eigenvalue weighted by atomic mass is 9.88. The van der Waals surface area contributed by atoms with Crippen LogP contribution in [-0.4, -0.2) is 60.4 Å². The van der Waals surface area contributed by atoms with Crippen molar-refractivity contribution in [3.05, 3.63) is 35.9 Å². The maximum atomic E-state index is 12.9. The number of nitrogens with zero attached hydrogens (tertiary/aromatic N) is 2. The smallest absolute Gasteiger partial charge is 0.409 e. The highest BCUT2D eigenvalue weighted by Gasteiger charge is 2.34. The van der Waals surface area contributed by atoms with E-state index in [0.29, 0.717) is 45.6 Å². The highest BCUT2D eigenvalue weighted by Crippen LogP contribution is 2.25. The summed E-state index contributed by atoms with van der Waals surface area (Å²) in [7, 11) is 0. The van der Waals surface area contributed by atoms with Crippen LogP contribution in [0.3, 0.4) is 0 Å². The number of hydrogen-bond donors (Lipinski definition) is 0. The van der Waals surface area contributed by atoms with Gasteiger partial charge >= 0.3 is 6.09 Å². The van der Waals surface area contributed by atoms with E-state index in [4.69, 9.17) is 4.74 Å². The molecular weight excluding hydrogens is 344 g/mol. The topological polar surface area (TPSA) is 66.9 Å². The van der Waals surface area contributed by atoms with Crippen LogP contribution in [0.2, 0.25) is 0 Å². The molecule has 0 radical (unpaired) electrons.